The Bertz CT molecular complexity index is 813. The predicted octanol–water partition coefficient (Wildman–Crippen LogP) is 1.81. The number of carbonyl (C=O) groups is 1. The van der Waals surface area contributed by atoms with Gasteiger partial charge in [-0.3, -0.25) is 9.48 Å². The normalized spacial score (nSPS) is 11.1. The van der Waals surface area contributed by atoms with Crippen LogP contribution in [0, 0.1) is 20.8 Å². The summed E-state index contributed by atoms with van der Waals surface area (Å²) in [7, 11) is 0. The van der Waals surface area contributed by atoms with E-state index >= 15 is 0 Å². The van der Waals surface area contributed by atoms with Crippen molar-refractivity contribution in [2.24, 2.45) is 0 Å². The molecule has 0 aliphatic carbocycles. The Morgan fingerprint density at radius 2 is 2.09 bits per heavy atom. The van der Waals surface area contributed by atoms with Crippen molar-refractivity contribution in [3.63, 3.8) is 0 Å². The molecule has 0 bridgehead atoms. The first kappa shape index (κ1) is 15.3. The lowest BCUT2D eigenvalue weighted by molar-refractivity contribution is -0.121. The molecular formula is C17H21N5O. The fourth-order valence-electron chi connectivity index (χ4n) is 2.57. The van der Waals surface area contributed by atoms with Crippen LogP contribution >= 0.6 is 0 Å². The quantitative estimate of drug-likeness (QED) is 0.781. The van der Waals surface area contributed by atoms with Crippen molar-refractivity contribution in [3.05, 3.63) is 53.2 Å². The van der Waals surface area contributed by atoms with Gasteiger partial charge in [0.1, 0.15) is 12.2 Å². The zero-order chi connectivity index (χ0) is 16.4. The first-order chi connectivity index (χ1) is 11.0. The zero-order valence-corrected chi connectivity index (χ0v) is 13.7. The first-order valence-corrected chi connectivity index (χ1v) is 7.74. The van der Waals surface area contributed by atoms with Gasteiger partial charge in [0.05, 0.1) is 11.4 Å². The van der Waals surface area contributed by atoms with E-state index < -0.39 is 0 Å². The molecule has 3 aromatic heterocycles. The van der Waals surface area contributed by atoms with Gasteiger partial charge in [-0.25, -0.2) is 4.98 Å². The van der Waals surface area contributed by atoms with Crippen LogP contribution in [-0.4, -0.2) is 31.6 Å². The Labute approximate surface area is 135 Å². The summed E-state index contributed by atoms with van der Waals surface area (Å²) in [6.45, 7) is 6.79. The second kappa shape index (κ2) is 6.24. The van der Waals surface area contributed by atoms with E-state index in [0.29, 0.717) is 13.0 Å². The number of nitrogens with one attached hydrogen (secondary N) is 1. The van der Waals surface area contributed by atoms with Crippen LogP contribution in [0.15, 0.2) is 30.6 Å². The van der Waals surface area contributed by atoms with E-state index in [9.17, 15) is 4.79 Å². The number of hydrogen-bond donors (Lipinski definition) is 1. The Balaban J connectivity index is 1.53. The van der Waals surface area contributed by atoms with Crippen molar-refractivity contribution in [1.82, 2.24) is 24.5 Å². The summed E-state index contributed by atoms with van der Waals surface area (Å²) in [6.07, 6.45) is 4.67. The molecule has 3 heterocycles. The average Bonchev–Trinajstić information content (AvgIpc) is 3.04. The molecular weight excluding hydrogens is 290 g/mol. The third-order valence-electron chi connectivity index (χ3n) is 4.15. The second-order valence-corrected chi connectivity index (χ2v) is 5.75. The van der Waals surface area contributed by atoms with Crippen molar-refractivity contribution in [2.75, 3.05) is 6.54 Å². The number of amides is 1. The lowest BCUT2D eigenvalue weighted by Gasteiger charge is -2.06. The Morgan fingerprint density at radius 1 is 1.26 bits per heavy atom. The smallest absolute Gasteiger partial charge is 0.241 e. The fourth-order valence-corrected chi connectivity index (χ4v) is 2.57. The molecule has 0 aromatic carbocycles. The molecule has 6 heteroatoms. The molecule has 0 radical (unpaired) electrons. The molecule has 3 aromatic rings. The van der Waals surface area contributed by atoms with Gasteiger partial charge in [-0.2, -0.15) is 5.10 Å². The second-order valence-electron chi connectivity index (χ2n) is 5.75. The fraction of sp³-hybridized carbons (Fsp3) is 0.353. The monoisotopic (exact) mass is 311 g/mol. The molecule has 0 spiro atoms. The topological polar surface area (TPSA) is 64.2 Å². The minimum Gasteiger partial charge on any atom is -0.354 e. The van der Waals surface area contributed by atoms with Crippen LogP contribution in [0.2, 0.25) is 0 Å². The molecule has 0 saturated carbocycles. The minimum atomic E-state index is -0.0284. The summed E-state index contributed by atoms with van der Waals surface area (Å²) < 4.78 is 3.74. The Hall–Kier alpha value is -2.63. The average molecular weight is 311 g/mol. The SMILES string of the molecule is Cc1nn(CC(=O)NCCc2cn3ccccc3n2)c(C)c1C. The van der Waals surface area contributed by atoms with Crippen LogP contribution in [0.3, 0.4) is 0 Å². The van der Waals surface area contributed by atoms with Crippen LogP contribution in [-0.2, 0) is 17.8 Å². The number of rotatable bonds is 5. The van der Waals surface area contributed by atoms with E-state index in [1.165, 1.54) is 0 Å². The molecule has 1 N–H and O–H groups in total. The maximum atomic E-state index is 12.1. The van der Waals surface area contributed by atoms with E-state index in [-0.39, 0.29) is 12.5 Å². The molecule has 0 unspecified atom stereocenters. The molecule has 1 amide bonds. The van der Waals surface area contributed by atoms with Gasteiger partial charge in [0.15, 0.2) is 0 Å². The van der Waals surface area contributed by atoms with Gasteiger partial charge in [-0.05, 0) is 38.5 Å². The number of fused-ring (bicyclic) bond motifs is 1. The third kappa shape index (κ3) is 3.26. The summed E-state index contributed by atoms with van der Waals surface area (Å²) in [5.41, 5.74) is 5.05. The number of imidazole rings is 1. The maximum absolute atomic E-state index is 12.1. The van der Waals surface area contributed by atoms with E-state index in [1.54, 1.807) is 4.68 Å². The molecule has 6 nitrogen and oxygen atoms in total. The summed E-state index contributed by atoms with van der Waals surface area (Å²) in [6, 6.07) is 5.90. The number of carbonyl (C=O) groups excluding carboxylic acids is 1. The zero-order valence-electron chi connectivity index (χ0n) is 13.7. The van der Waals surface area contributed by atoms with Crippen LogP contribution in [0.1, 0.15) is 22.6 Å². The number of aromatic nitrogens is 4. The van der Waals surface area contributed by atoms with Crippen LogP contribution in [0.4, 0.5) is 0 Å². The van der Waals surface area contributed by atoms with Gasteiger partial charge in [0.2, 0.25) is 5.91 Å². The highest BCUT2D eigenvalue weighted by atomic mass is 16.2. The lowest BCUT2D eigenvalue weighted by Crippen LogP contribution is -2.30. The number of pyridine rings is 1. The molecule has 0 aliphatic rings. The maximum Gasteiger partial charge on any atom is 0.241 e. The van der Waals surface area contributed by atoms with E-state index in [1.807, 2.05) is 55.8 Å². The standard InChI is InChI=1S/C17H21N5O/c1-12-13(2)20-22(14(12)3)11-17(23)18-8-7-15-10-21-9-5-4-6-16(21)19-15/h4-6,9-10H,7-8,11H2,1-3H3,(H,18,23). The summed E-state index contributed by atoms with van der Waals surface area (Å²) in [5, 5.41) is 7.32. The minimum absolute atomic E-state index is 0.0284. The molecule has 0 saturated heterocycles. The van der Waals surface area contributed by atoms with Crippen LogP contribution in [0.5, 0.6) is 0 Å². The van der Waals surface area contributed by atoms with Gasteiger partial charge < -0.3 is 9.72 Å². The van der Waals surface area contributed by atoms with Crippen LogP contribution in [0.25, 0.3) is 5.65 Å². The molecule has 3 rings (SSSR count). The largest absolute Gasteiger partial charge is 0.354 e. The van der Waals surface area contributed by atoms with Crippen molar-refractivity contribution < 1.29 is 4.79 Å². The Morgan fingerprint density at radius 3 is 2.78 bits per heavy atom. The lowest BCUT2D eigenvalue weighted by atomic mass is 10.2. The molecule has 23 heavy (non-hydrogen) atoms. The van der Waals surface area contributed by atoms with Gasteiger partial charge in [0, 0.05) is 31.1 Å². The van der Waals surface area contributed by atoms with Gasteiger partial charge in [0.25, 0.3) is 0 Å². The number of aryl methyl sites for hydroxylation is 1. The van der Waals surface area contributed by atoms with Crippen molar-refractivity contribution in [2.45, 2.75) is 33.7 Å². The molecule has 0 fully saturated rings. The third-order valence-corrected chi connectivity index (χ3v) is 4.15. The molecule has 120 valence electrons. The highest BCUT2D eigenvalue weighted by Gasteiger charge is 2.10. The number of hydrogen-bond acceptors (Lipinski definition) is 3. The Kier molecular flexibility index (Phi) is 4.14. The van der Waals surface area contributed by atoms with Crippen LogP contribution < -0.4 is 5.32 Å². The van der Waals surface area contributed by atoms with Gasteiger partial charge >= 0.3 is 0 Å². The summed E-state index contributed by atoms with van der Waals surface area (Å²) in [4.78, 5) is 16.6. The highest BCUT2D eigenvalue weighted by molar-refractivity contribution is 5.75. The van der Waals surface area contributed by atoms with Crippen molar-refractivity contribution in [1.29, 1.82) is 0 Å². The van der Waals surface area contributed by atoms with Gasteiger partial charge in [-0.1, -0.05) is 6.07 Å². The first-order valence-electron chi connectivity index (χ1n) is 7.74. The predicted molar refractivity (Wildman–Crippen MR) is 88.3 cm³/mol. The summed E-state index contributed by atoms with van der Waals surface area (Å²) >= 11 is 0. The highest BCUT2D eigenvalue weighted by Crippen LogP contribution is 2.10. The van der Waals surface area contributed by atoms with E-state index in [4.69, 9.17) is 0 Å². The molecule has 0 aliphatic heterocycles. The van der Waals surface area contributed by atoms with Crippen molar-refractivity contribution >= 4 is 11.6 Å². The number of nitrogens with zero attached hydrogens (tertiary/aromatic N) is 4. The van der Waals surface area contributed by atoms with E-state index in [2.05, 4.69) is 15.4 Å². The molecule has 0 atom stereocenters. The van der Waals surface area contributed by atoms with Gasteiger partial charge in [-0.15, -0.1) is 0 Å². The van der Waals surface area contributed by atoms with E-state index in [0.717, 1.165) is 28.3 Å². The summed E-state index contributed by atoms with van der Waals surface area (Å²) in [5.74, 6) is -0.0284. The van der Waals surface area contributed by atoms with Crippen molar-refractivity contribution in [3.8, 4) is 0 Å².